The summed E-state index contributed by atoms with van der Waals surface area (Å²) in [4.78, 5) is 30.3. The van der Waals surface area contributed by atoms with E-state index in [0.717, 1.165) is 21.8 Å². The van der Waals surface area contributed by atoms with E-state index >= 15 is 0 Å². The molecule has 188 valence electrons. The predicted molar refractivity (Wildman–Crippen MR) is 138 cm³/mol. The molecular weight excluding hydrogens is 448 g/mol. The van der Waals surface area contributed by atoms with Crippen molar-refractivity contribution < 1.29 is 19.8 Å². The zero-order valence-electron chi connectivity index (χ0n) is 21.5. The van der Waals surface area contributed by atoms with Gasteiger partial charge < -0.3 is 15.5 Å². The number of carbonyl (C=O) groups excluding carboxylic acids is 2. The fourth-order valence-electron chi connectivity index (χ4n) is 4.24. The number of carbonyl (C=O) groups is 2. The summed E-state index contributed by atoms with van der Waals surface area (Å²) < 4.78 is 0. The molecule has 0 bridgehead atoms. The van der Waals surface area contributed by atoms with Crippen molar-refractivity contribution >= 4 is 29.1 Å². The summed E-state index contributed by atoms with van der Waals surface area (Å²) in [6.07, 6.45) is 6.63. The molecule has 7 heteroatoms. The molecule has 1 aromatic heterocycles. The highest BCUT2D eigenvalue weighted by atomic mass is 32.1. The number of aliphatic hydroxyl groups is 2. The van der Waals surface area contributed by atoms with Gasteiger partial charge in [0, 0.05) is 23.8 Å². The molecule has 0 saturated carbocycles. The molecule has 1 aliphatic rings. The van der Waals surface area contributed by atoms with Crippen molar-refractivity contribution in [1.29, 1.82) is 0 Å². The number of Topliss-reactive ketones (excluding diaryl/α,β-unsaturated/α-hetero) is 1. The number of hydrogen-bond acceptors (Lipinski definition) is 6. The van der Waals surface area contributed by atoms with Gasteiger partial charge in [-0.3, -0.25) is 9.59 Å². The van der Waals surface area contributed by atoms with Crippen LogP contribution in [0.25, 0.3) is 6.08 Å². The maximum atomic E-state index is 13.1. The van der Waals surface area contributed by atoms with Crippen LogP contribution in [0.1, 0.15) is 65.1 Å². The molecular formula is C27H40N2O4S. The standard InChI is InChI=1S/C27H40N2O4S/c1-16-9-8-10-17(2)25(32)19(4)26(33)27(6,7)23(30)13-24(31)28-14-21(11-16)18(3)12-22-15-34-20(5)29-22/h8-9,11-12,15,17,19,21,23,25,30,32H,10,13-14H2,1-7H3,(H,28,31)/t17-,19+,21+,23-,25-/m0/s1. The zero-order chi connectivity index (χ0) is 25.6. The number of aryl methyl sites for hydroxylation is 1. The Morgan fingerprint density at radius 2 is 1.91 bits per heavy atom. The lowest BCUT2D eigenvalue weighted by Gasteiger charge is -2.34. The largest absolute Gasteiger partial charge is 0.392 e. The first-order chi connectivity index (χ1) is 15.8. The molecule has 3 N–H and O–H groups in total. The van der Waals surface area contributed by atoms with Gasteiger partial charge in [0.1, 0.15) is 5.78 Å². The summed E-state index contributed by atoms with van der Waals surface area (Å²) in [5, 5.41) is 27.5. The fourth-order valence-corrected chi connectivity index (χ4v) is 4.81. The molecule has 0 unspecified atom stereocenters. The van der Waals surface area contributed by atoms with Gasteiger partial charge >= 0.3 is 0 Å². The number of allylic oxidation sites excluding steroid dienone is 3. The molecule has 6 nitrogen and oxygen atoms in total. The molecule has 34 heavy (non-hydrogen) atoms. The van der Waals surface area contributed by atoms with Crippen LogP contribution in [0.15, 0.2) is 34.8 Å². The molecule has 0 saturated heterocycles. The minimum atomic E-state index is -1.15. The van der Waals surface area contributed by atoms with Gasteiger partial charge in [-0.15, -0.1) is 11.3 Å². The van der Waals surface area contributed by atoms with Gasteiger partial charge in [0.15, 0.2) is 0 Å². The van der Waals surface area contributed by atoms with Gasteiger partial charge in [-0.25, -0.2) is 4.98 Å². The van der Waals surface area contributed by atoms with Crippen LogP contribution in [0, 0.1) is 30.1 Å². The van der Waals surface area contributed by atoms with Crippen molar-refractivity contribution in [3.8, 4) is 0 Å². The number of ketones is 1. The molecule has 0 fully saturated rings. The average molecular weight is 489 g/mol. The lowest BCUT2D eigenvalue weighted by atomic mass is 9.73. The van der Waals surface area contributed by atoms with Crippen molar-refractivity contribution in [1.82, 2.24) is 10.3 Å². The molecule has 5 atom stereocenters. The van der Waals surface area contributed by atoms with Crippen molar-refractivity contribution in [2.75, 3.05) is 6.54 Å². The second-order valence-electron chi connectivity index (χ2n) is 10.2. The van der Waals surface area contributed by atoms with Crippen molar-refractivity contribution in [2.45, 2.75) is 73.5 Å². The Bertz CT molecular complexity index is 960. The number of hydrogen-bond donors (Lipinski definition) is 3. The van der Waals surface area contributed by atoms with Crippen LogP contribution in [0.3, 0.4) is 0 Å². The Morgan fingerprint density at radius 3 is 2.53 bits per heavy atom. The number of aromatic nitrogens is 1. The molecule has 0 spiro atoms. The highest BCUT2D eigenvalue weighted by Gasteiger charge is 2.41. The monoisotopic (exact) mass is 488 g/mol. The summed E-state index contributed by atoms with van der Waals surface area (Å²) in [6.45, 7) is 13.3. The zero-order valence-corrected chi connectivity index (χ0v) is 22.3. The Labute approximate surface area is 207 Å². The molecule has 1 aliphatic heterocycles. The second-order valence-corrected chi connectivity index (χ2v) is 11.3. The Kier molecular flexibility index (Phi) is 9.97. The summed E-state index contributed by atoms with van der Waals surface area (Å²) in [7, 11) is 0. The highest BCUT2D eigenvalue weighted by molar-refractivity contribution is 7.09. The average Bonchev–Trinajstić information content (AvgIpc) is 3.18. The van der Waals surface area contributed by atoms with E-state index in [1.165, 1.54) is 0 Å². The molecule has 2 rings (SSSR count). The normalized spacial score (nSPS) is 30.1. The lowest BCUT2D eigenvalue weighted by molar-refractivity contribution is -0.143. The lowest BCUT2D eigenvalue weighted by Crippen LogP contribution is -2.46. The minimum absolute atomic E-state index is 0.0571. The van der Waals surface area contributed by atoms with Gasteiger partial charge in [0.2, 0.25) is 5.91 Å². The van der Waals surface area contributed by atoms with E-state index in [1.807, 2.05) is 51.3 Å². The van der Waals surface area contributed by atoms with E-state index in [2.05, 4.69) is 16.4 Å². The fraction of sp³-hybridized carbons (Fsp3) is 0.593. The van der Waals surface area contributed by atoms with Gasteiger partial charge in [-0.2, -0.15) is 0 Å². The van der Waals surface area contributed by atoms with Crippen LogP contribution >= 0.6 is 11.3 Å². The first-order valence-electron chi connectivity index (χ1n) is 11.9. The maximum absolute atomic E-state index is 13.1. The summed E-state index contributed by atoms with van der Waals surface area (Å²) in [6, 6.07) is 0. The third kappa shape index (κ3) is 7.45. The number of thiazole rings is 1. The first kappa shape index (κ1) is 28.1. The second kappa shape index (κ2) is 12.0. The van der Waals surface area contributed by atoms with E-state index in [1.54, 1.807) is 32.1 Å². The molecule has 1 amide bonds. The Hall–Kier alpha value is -2.09. The number of nitrogens with zero attached hydrogens (tertiary/aromatic N) is 1. The molecule has 2 heterocycles. The Morgan fingerprint density at radius 1 is 1.24 bits per heavy atom. The van der Waals surface area contributed by atoms with Crippen molar-refractivity contribution in [2.24, 2.45) is 23.2 Å². The summed E-state index contributed by atoms with van der Waals surface area (Å²) in [5.41, 5.74) is 1.85. The first-order valence-corrected chi connectivity index (χ1v) is 12.8. The van der Waals surface area contributed by atoms with Crippen LogP contribution in [-0.4, -0.2) is 45.6 Å². The van der Waals surface area contributed by atoms with Gasteiger partial charge in [-0.05, 0) is 39.2 Å². The summed E-state index contributed by atoms with van der Waals surface area (Å²) >= 11 is 1.59. The van der Waals surface area contributed by atoms with Crippen LogP contribution in [-0.2, 0) is 9.59 Å². The van der Waals surface area contributed by atoms with Crippen LogP contribution in [0.4, 0.5) is 0 Å². The smallest absolute Gasteiger partial charge is 0.222 e. The number of nitrogens with one attached hydrogen (secondary N) is 1. The third-order valence-electron chi connectivity index (χ3n) is 6.82. The van der Waals surface area contributed by atoms with E-state index in [4.69, 9.17) is 0 Å². The third-order valence-corrected chi connectivity index (χ3v) is 7.62. The van der Waals surface area contributed by atoms with E-state index in [9.17, 15) is 19.8 Å². The van der Waals surface area contributed by atoms with Crippen molar-refractivity contribution in [3.63, 3.8) is 0 Å². The number of aliphatic hydroxyl groups excluding tert-OH is 2. The SMILES string of the molecule is CC1=C[C@@H](C(C)=Cc2csc(C)n2)CNC(=O)C[C@H](O)C(C)(C)C(=O)[C@H](C)[C@@H](O)[C@@H](C)CC=C1. The maximum Gasteiger partial charge on any atom is 0.222 e. The molecule has 1 aromatic rings. The quantitative estimate of drug-likeness (QED) is 0.570. The van der Waals surface area contributed by atoms with E-state index in [0.29, 0.717) is 13.0 Å². The molecule has 0 aliphatic carbocycles. The van der Waals surface area contributed by atoms with Crippen LogP contribution in [0.2, 0.25) is 0 Å². The van der Waals surface area contributed by atoms with Gasteiger partial charge in [0.25, 0.3) is 0 Å². The predicted octanol–water partition coefficient (Wildman–Crippen LogP) is 4.47. The van der Waals surface area contributed by atoms with Gasteiger partial charge in [0.05, 0.1) is 34.7 Å². The molecule has 0 aromatic carbocycles. The summed E-state index contributed by atoms with van der Waals surface area (Å²) in [5.74, 6) is -1.39. The Balaban J connectivity index is 2.37. The topological polar surface area (TPSA) is 99.5 Å². The van der Waals surface area contributed by atoms with Gasteiger partial charge in [-0.1, -0.05) is 57.1 Å². The number of amides is 1. The van der Waals surface area contributed by atoms with Crippen molar-refractivity contribution in [3.05, 3.63) is 45.5 Å². The minimum Gasteiger partial charge on any atom is -0.392 e. The van der Waals surface area contributed by atoms with Crippen LogP contribution in [0.5, 0.6) is 0 Å². The number of rotatable bonds is 2. The van der Waals surface area contributed by atoms with Crippen LogP contribution < -0.4 is 5.32 Å². The van der Waals surface area contributed by atoms with E-state index < -0.39 is 23.5 Å². The highest BCUT2D eigenvalue weighted by Crippen LogP contribution is 2.31. The molecule has 0 radical (unpaired) electrons. The van der Waals surface area contributed by atoms with E-state index in [-0.39, 0.29) is 29.9 Å².